The fraction of sp³-hybridized carbons (Fsp3) is 0.200. The van der Waals surface area contributed by atoms with Gasteiger partial charge in [-0.3, -0.25) is 4.98 Å². The van der Waals surface area contributed by atoms with Crippen molar-refractivity contribution in [3.05, 3.63) is 35.5 Å². The van der Waals surface area contributed by atoms with Crippen LogP contribution < -0.4 is 0 Å². The largest absolute Gasteiger partial charge is 0.378 e. The Labute approximate surface area is 86.4 Å². The van der Waals surface area contributed by atoms with Crippen molar-refractivity contribution in [1.29, 1.82) is 0 Å². The molecule has 0 aromatic carbocycles. The van der Waals surface area contributed by atoms with Gasteiger partial charge in [-0.15, -0.1) is 11.3 Å². The van der Waals surface area contributed by atoms with Gasteiger partial charge in [0.05, 0.1) is 18.0 Å². The second-order valence-electron chi connectivity index (χ2n) is 2.79. The third kappa shape index (κ3) is 1.97. The highest BCUT2D eigenvalue weighted by Crippen LogP contribution is 2.21. The van der Waals surface area contributed by atoms with Crippen molar-refractivity contribution < 1.29 is 4.74 Å². The van der Waals surface area contributed by atoms with Crippen LogP contribution >= 0.6 is 11.3 Å². The summed E-state index contributed by atoms with van der Waals surface area (Å²) in [5.41, 5.74) is 1.87. The molecule has 0 N–H and O–H groups in total. The zero-order valence-electron chi connectivity index (χ0n) is 7.80. The monoisotopic (exact) mass is 206 g/mol. The molecule has 72 valence electrons. The molecule has 0 saturated carbocycles. The molecular formula is C10H10N2OS. The maximum absolute atomic E-state index is 5.00. The average Bonchev–Trinajstić information content (AvgIpc) is 2.68. The smallest absolute Gasteiger partial charge is 0.142 e. The molecule has 0 aliphatic heterocycles. The molecule has 0 saturated heterocycles. The van der Waals surface area contributed by atoms with Crippen LogP contribution in [0.25, 0.3) is 10.7 Å². The first-order valence-corrected chi connectivity index (χ1v) is 5.13. The molecule has 2 heterocycles. The third-order valence-corrected chi connectivity index (χ3v) is 2.64. The van der Waals surface area contributed by atoms with Crippen molar-refractivity contribution in [1.82, 2.24) is 9.97 Å². The first-order chi connectivity index (χ1) is 6.90. The molecule has 0 atom stereocenters. The molecule has 0 aliphatic carbocycles. The predicted octanol–water partition coefficient (Wildman–Crippen LogP) is 2.35. The van der Waals surface area contributed by atoms with E-state index in [0.717, 1.165) is 16.4 Å². The summed E-state index contributed by atoms with van der Waals surface area (Å²) in [5.74, 6) is 0. The summed E-state index contributed by atoms with van der Waals surface area (Å²) in [5, 5.41) is 2.94. The van der Waals surface area contributed by atoms with E-state index in [9.17, 15) is 0 Å². The number of pyridine rings is 1. The summed E-state index contributed by atoms with van der Waals surface area (Å²) < 4.78 is 5.00. The number of hydrogen-bond donors (Lipinski definition) is 0. The van der Waals surface area contributed by atoms with E-state index in [4.69, 9.17) is 4.74 Å². The van der Waals surface area contributed by atoms with E-state index < -0.39 is 0 Å². The molecule has 2 aromatic rings. The number of rotatable bonds is 3. The summed E-state index contributed by atoms with van der Waals surface area (Å²) in [6.07, 6.45) is 1.77. The van der Waals surface area contributed by atoms with Gasteiger partial charge >= 0.3 is 0 Å². The Bertz CT molecular complexity index is 400. The van der Waals surface area contributed by atoms with Crippen LogP contribution in [0.1, 0.15) is 5.69 Å². The quantitative estimate of drug-likeness (QED) is 0.773. The van der Waals surface area contributed by atoms with Crippen molar-refractivity contribution in [3.63, 3.8) is 0 Å². The minimum Gasteiger partial charge on any atom is -0.378 e. The van der Waals surface area contributed by atoms with E-state index in [-0.39, 0.29) is 0 Å². The number of ether oxygens (including phenoxy) is 1. The summed E-state index contributed by atoms with van der Waals surface area (Å²) in [4.78, 5) is 8.63. The molecule has 0 aliphatic rings. The van der Waals surface area contributed by atoms with Gasteiger partial charge in [0.1, 0.15) is 5.01 Å². The molecule has 0 bridgehead atoms. The molecule has 0 spiro atoms. The van der Waals surface area contributed by atoms with Crippen molar-refractivity contribution in [2.75, 3.05) is 7.11 Å². The minimum absolute atomic E-state index is 0.559. The molecule has 0 unspecified atom stereocenters. The van der Waals surface area contributed by atoms with Gasteiger partial charge in [-0.25, -0.2) is 4.98 Å². The van der Waals surface area contributed by atoms with Gasteiger partial charge in [-0.05, 0) is 12.1 Å². The maximum atomic E-state index is 5.00. The minimum atomic E-state index is 0.559. The molecular weight excluding hydrogens is 196 g/mol. The van der Waals surface area contributed by atoms with Crippen LogP contribution in [-0.4, -0.2) is 17.1 Å². The van der Waals surface area contributed by atoms with Gasteiger partial charge in [-0.1, -0.05) is 6.07 Å². The molecule has 0 fully saturated rings. The Morgan fingerprint density at radius 3 is 3.07 bits per heavy atom. The Morgan fingerprint density at radius 1 is 1.43 bits per heavy atom. The highest BCUT2D eigenvalue weighted by Gasteiger charge is 2.04. The summed E-state index contributed by atoms with van der Waals surface area (Å²) in [6.45, 7) is 0.559. The van der Waals surface area contributed by atoms with Gasteiger partial charge in [0.15, 0.2) is 0 Å². The number of nitrogens with zero attached hydrogens (tertiary/aromatic N) is 2. The van der Waals surface area contributed by atoms with Gasteiger partial charge in [0.25, 0.3) is 0 Å². The lowest BCUT2D eigenvalue weighted by Gasteiger charge is -1.93. The summed E-state index contributed by atoms with van der Waals surface area (Å²) >= 11 is 1.59. The zero-order valence-corrected chi connectivity index (χ0v) is 8.62. The van der Waals surface area contributed by atoms with Crippen LogP contribution in [0.5, 0.6) is 0 Å². The average molecular weight is 206 g/mol. The van der Waals surface area contributed by atoms with Crippen LogP contribution in [0.2, 0.25) is 0 Å². The van der Waals surface area contributed by atoms with Crippen LogP contribution in [0.4, 0.5) is 0 Å². The van der Waals surface area contributed by atoms with E-state index in [2.05, 4.69) is 9.97 Å². The van der Waals surface area contributed by atoms with Crippen LogP contribution in [0, 0.1) is 0 Å². The SMILES string of the molecule is COCc1csc(-c2ccccn2)n1. The number of methoxy groups -OCH3 is 1. The van der Waals surface area contributed by atoms with E-state index in [1.807, 2.05) is 23.6 Å². The lowest BCUT2D eigenvalue weighted by atomic mass is 10.4. The molecule has 14 heavy (non-hydrogen) atoms. The topological polar surface area (TPSA) is 35.0 Å². The fourth-order valence-electron chi connectivity index (χ4n) is 1.13. The maximum Gasteiger partial charge on any atom is 0.142 e. The third-order valence-electron chi connectivity index (χ3n) is 1.73. The molecule has 3 nitrogen and oxygen atoms in total. The highest BCUT2D eigenvalue weighted by atomic mass is 32.1. The Kier molecular flexibility index (Phi) is 2.86. The van der Waals surface area contributed by atoms with Crippen LogP contribution in [0.3, 0.4) is 0 Å². The second kappa shape index (κ2) is 4.30. The Morgan fingerprint density at radius 2 is 2.36 bits per heavy atom. The van der Waals surface area contributed by atoms with Crippen molar-refractivity contribution >= 4 is 11.3 Å². The van der Waals surface area contributed by atoms with E-state index in [0.29, 0.717) is 6.61 Å². The Balaban J connectivity index is 2.25. The number of aromatic nitrogens is 2. The molecule has 2 rings (SSSR count). The number of hydrogen-bond acceptors (Lipinski definition) is 4. The lowest BCUT2D eigenvalue weighted by Crippen LogP contribution is -1.87. The van der Waals surface area contributed by atoms with E-state index in [1.165, 1.54) is 0 Å². The highest BCUT2D eigenvalue weighted by molar-refractivity contribution is 7.13. The van der Waals surface area contributed by atoms with Gasteiger partial charge in [-0.2, -0.15) is 0 Å². The number of thiazole rings is 1. The molecule has 0 amide bonds. The van der Waals surface area contributed by atoms with Crippen molar-refractivity contribution in [2.24, 2.45) is 0 Å². The van der Waals surface area contributed by atoms with Gasteiger partial charge in [0, 0.05) is 18.7 Å². The van der Waals surface area contributed by atoms with E-state index in [1.54, 1.807) is 24.6 Å². The lowest BCUT2D eigenvalue weighted by molar-refractivity contribution is 0.182. The first-order valence-electron chi connectivity index (χ1n) is 4.25. The Hall–Kier alpha value is -1.26. The van der Waals surface area contributed by atoms with Crippen LogP contribution in [-0.2, 0) is 11.3 Å². The predicted molar refractivity (Wildman–Crippen MR) is 56.1 cm³/mol. The van der Waals surface area contributed by atoms with Crippen molar-refractivity contribution in [2.45, 2.75) is 6.61 Å². The van der Waals surface area contributed by atoms with Gasteiger partial charge in [0.2, 0.25) is 0 Å². The van der Waals surface area contributed by atoms with Crippen LogP contribution in [0.15, 0.2) is 29.8 Å². The zero-order chi connectivity index (χ0) is 9.80. The van der Waals surface area contributed by atoms with Gasteiger partial charge < -0.3 is 4.74 Å². The standard InChI is InChI=1S/C10H10N2OS/c1-13-6-8-7-14-10(12-8)9-4-2-3-5-11-9/h2-5,7H,6H2,1H3. The summed E-state index contributed by atoms with van der Waals surface area (Å²) in [7, 11) is 1.67. The normalized spacial score (nSPS) is 10.4. The van der Waals surface area contributed by atoms with E-state index >= 15 is 0 Å². The first kappa shape index (κ1) is 9.30. The molecule has 4 heteroatoms. The second-order valence-corrected chi connectivity index (χ2v) is 3.65. The summed E-state index contributed by atoms with van der Waals surface area (Å²) in [6, 6.07) is 5.81. The molecule has 0 radical (unpaired) electrons. The fourth-order valence-corrected chi connectivity index (χ4v) is 1.91. The van der Waals surface area contributed by atoms with Crippen molar-refractivity contribution in [3.8, 4) is 10.7 Å². The molecule has 2 aromatic heterocycles.